The van der Waals surface area contributed by atoms with Crippen molar-refractivity contribution in [1.82, 2.24) is 0 Å². The minimum Gasteiger partial charge on any atom is -0.462 e. The van der Waals surface area contributed by atoms with Crippen molar-refractivity contribution in [2.24, 2.45) is 35.5 Å². The minimum absolute atomic E-state index is 0.000556. The quantitative estimate of drug-likeness (QED) is 0.196. The van der Waals surface area contributed by atoms with E-state index in [0.717, 1.165) is 62.7 Å². The number of carbonyl (C=O) groups excluding carboxylic acids is 3. The molecule has 0 radical (unpaired) electrons. The van der Waals surface area contributed by atoms with Crippen LogP contribution in [0.15, 0.2) is 30.3 Å². The Morgan fingerprint density at radius 1 is 0.583 bits per heavy atom. The second kappa shape index (κ2) is 31.0. The zero-order chi connectivity index (χ0) is 36.9. The van der Waals surface area contributed by atoms with Gasteiger partial charge in [-0.25, -0.2) is 0 Å². The van der Waals surface area contributed by atoms with Crippen molar-refractivity contribution in [1.29, 1.82) is 0 Å². The number of carbonyl (C=O) groups is 3. The normalized spacial score (nSPS) is 14.7. The van der Waals surface area contributed by atoms with E-state index in [9.17, 15) is 14.4 Å². The SMILES string of the molecule is CC(=O)CCC(C)C.CC(=O)CCC(C)C.CC(C)C1CCCCC1.CC(C)CCC(=O)OC1CCCC1.CC(C)Cc1ccccc1. The van der Waals surface area contributed by atoms with Gasteiger partial charge in [0.25, 0.3) is 0 Å². The standard InChI is InChI=1S/C11H20O2.C10H14.C9H18.2C7H14O/c1-9(2)7-8-11(12)13-10-5-3-4-6-10;1-9(2)8-10-6-4-3-5-7-10;1-8(2)9-6-4-3-5-7-9;2*1-6(2)4-5-7(3)8/h9-10H,3-8H2,1-2H3;3-7,9H,8H2,1-2H3;8-9H,3-7H2,1-2H3;2*6H,4-5H2,1-3H3. The lowest BCUT2D eigenvalue weighted by Gasteiger charge is -2.24. The first-order chi connectivity index (χ1) is 22.5. The van der Waals surface area contributed by atoms with Crippen LogP contribution in [0.25, 0.3) is 0 Å². The van der Waals surface area contributed by atoms with Crippen molar-refractivity contribution in [3.63, 3.8) is 0 Å². The van der Waals surface area contributed by atoms with E-state index in [1.165, 1.54) is 56.9 Å². The summed E-state index contributed by atoms with van der Waals surface area (Å²) in [6.07, 6.45) is 18.6. The third-order valence-corrected chi connectivity index (χ3v) is 8.75. The Morgan fingerprint density at radius 3 is 1.33 bits per heavy atom. The zero-order valence-electron chi connectivity index (χ0n) is 33.9. The van der Waals surface area contributed by atoms with Gasteiger partial charge in [0.15, 0.2) is 0 Å². The Labute approximate surface area is 299 Å². The fourth-order valence-electron chi connectivity index (χ4n) is 5.53. The molecule has 0 unspecified atom stereocenters. The fraction of sp³-hybridized carbons (Fsp3) is 0.795. The van der Waals surface area contributed by atoms with Gasteiger partial charge in [0.05, 0.1) is 0 Å². The van der Waals surface area contributed by atoms with Crippen LogP contribution in [-0.2, 0) is 25.5 Å². The average molecular weight is 673 g/mol. The van der Waals surface area contributed by atoms with E-state index in [4.69, 9.17) is 4.74 Å². The smallest absolute Gasteiger partial charge is 0.306 e. The molecule has 0 saturated heterocycles. The van der Waals surface area contributed by atoms with Gasteiger partial charge in [-0.3, -0.25) is 4.79 Å². The second-order valence-corrected chi connectivity index (χ2v) is 16.3. The van der Waals surface area contributed by atoms with Crippen LogP contribution in [0.2, 0.25) is 0 Å². The lowest BCUT2D eigenvalue weighted by molar-refractivity contribution is -0.149. The molecule has 4 nitrogen and oxygen atoms in total. The van der Waals surface area contributed by atoms with E-state index in [1.54, 1.807) is 13.8 Å². The molecule has 2 aliphatic carbocycles. The van der Waals surface area contributed by atoms with Gasteiger partial charge >= 0.3 is 5.97 Å². The maximum atomic E-state index is 11.3. The largest absolute Gasteiger partial charge is 0.462 e. The van der Waals surface area contributed by atoms with E-state index in [0.29, 0.717) is 35.7 Å². The van der Waals surface area contributed by atoms with Crippen LogP contribution < -0.4 is 0 Å². The van der Waals surface area contributed by atoms with E-state index in [-0.39, 0.29) is 12.1 Å². The highest BCUT2D eigenvalue weighted by Gasteiger charge is 2.19. The highest BCUT2D eigenvalue weighted by molar-refractivity contribution is 5.75. The van der Waals surface area contributed by atoms with Crippen LogP contribution in [0.5, 0.6) is 0 Å². The molecule has 280 valence electrons. The highest BCUT2D eigenvalue weighted by Crippen LogP contribution is 2.29. The number of rotatable bonds is 13. The summed E-state index contributed by atoms with van der Waals surface area (Å²) in [4.78, 5) is 32.0. The van der Waals surface area contributed by atoms with Gasteiger partial charge in [-0.1, -0.05) is 132 Å². The fourth-order valence-corrected chi connectivity index (χ4v) is 5.53. The first kappa shape index (κ1) is 48.1. The third-order valence-electron chi connectivity index (χ3n) is 8.75. The van der Waals surface area contributed by atoms with Gasteiger partial charge in [-0.2, -0.15) is 0 Å². The zero-order valence-corrected chi connectivity index (χ0v) is 33.9. The minimum atomic E-state index is 0.000556. The molecule has 1 aromatic rings. The van der Waals surface area contributed by atoms with Crippen LogP contribution in [0.4, 0.5) is 0 Å². The van der Waals surface area contributed by atoms with Crippen molar-refractivity contribution >= 4 is 17.5 Å². The first-order valence-corrected chi connectivity index (χ1v) is 19.7. The van der Waals surface area contributed by atoms with Crippen molar-refractivity contribution in [3.8, 4) is 0 Å². The monoisotopic (exact) mass is 673 g/mol. The number of benzene rings is 1. The van der Waals surface area contributed by atoms with Gasteiger partial charge in [0.1, 0.15) is 17.7 Å². The maximum absolute atomic E-state index is 11.3. The molecular weight excluding hydrogens is 592 g/mol. The summed E-state index contributed by atoms with van der Waals surface area (Å²) in [6, 6.07) is 10.6. The summed E-state index contributed by atoms with van der Waals surface area (Å²) < 4.78 is 5.32. The van der Waals surface area contributed by atoms with Gasteiger partial charge < -0.3 is 14.3 Å². The summed E-state index contributed by atoms with van der Waals surface area (Å²) in [5, 5.41) is 0. The first-order valence-electron chi connectivity index (χ1n) is 19.7. The van der Waals surface area contributed by atoms with Crippen LogP contribution in [0.1, 0.15) is 185 Å². The number of esters is 1. The Kier molecular flexibility index (Phi) is 31.1. The molecule has 0 aromatic heterocycles. The van der Waals surface area contributed by atoms with Crippen molar-refractivity contribution < 1.29 is 19.1 Å². The van der Waals surface area contributed by atoms with Crippen LogP contribution in [0, 0.1) is 35.5 Å². The van der Waals surface area contributed by atoms with Gasteiger partial charge in [-0.05, 0) is 106 Å². The Bertz CT molecular complexity index is 866. The number of ketones is 2. The number of ether oxygens (including phenoxy) is 1. The molecule has 0 atom stereocenters. The lowest BCUT2D eigenvalue weighted by atomic mass is 9.82. The molecule has 2 aliphatic rings. The number of Topliss-reactive ketones (excluding diaryl/α,β-unsaturated/α-hetero) is 2. The van der Waals surface area contributed by atoms with Crippen molar-refractivity contribution in [2.45, 2.75) is 192 Å². The Morgan fingerprint density at radius 2 is 1.00 bits per heavy atom. The Hall–Kier alpha value is -1.97. The predicted octanol–water partition coefficient (Wildman–Crippen LogP) is 13.0. The summed E-state index contributed by atoms with van der Waals surface area (Å²) in [7, 11) is 0. The molecule has 0 aliphatic heterocycles. The molecule has 2 fully saturated rings. The molecule has 48 heavy (non-hydrogen) atoms. The Balaban J connectivity index is 0. The third kappa shape index (κ3) is 35.3. The molecular formula is C44H80O4. The average Bonchev–Trinajstić information content (AvgIpc) is 3.53. The van der Waals surface area contributed by atoms with Gasteiger partial charge in [0, 0.05) is 19.3 Å². The molecule has 0 heterocycles. The molecule has 1 aromatic carbocycles. The second-order valence-electron chi connectivity index (χ2n) is 16.3. The molecule has 3 rings (SSSR count). The molecule has 0 N–H and O–H groups in total. The van der Waals surface area contributed by atoms with Gasteiger partial charge in [-0.15, -0.1) is 0 Å². The van der Waals surface area contributed by atoms with E-state index < -0.39 is 0 Å². The van der Waals surface area contributed by atoms with Crippen molar-refractivity contribution in [3.05, 3.63) is 35.9 Å². The molecule has 0 bridgehead atoms. The van der Waals surface area contributed by atoms with E-state index in [1.807, 2.05) is 0 Å². The number of hydrogen-bond donors (Lipinski definition) is 0. The van der Waals surface area contributed by atoms with Gasteiger partial charge in [0.2, 0.25) is 0 Å². The van der Waals surface area contributed by atoms with E-state index in [2.05, 4.69) is 99.6 Å². The topological polar surface area (TPSA) is 60.4 Å². The molecule has 4 heteroatoms. The summed E-state index contributed by atoms with van der Waals surface area (Å²) in [6.45, 7) is 25.3. The summed E-state index contributed by atoms with van der Waals surface area (Å²) >= 11 is 0. The molecule has 0 spiro atoms. The lowest BCUT2D eigenvalue weighted by Crippen LogP contribution is -2.14. The summed E-state index contributed by atoms with van der Waals surface area (Å²) in [5.74, 6) is 5.29. The van der Waals surface area contributed by atoms with Crippen LogP contribution in [-0.4, -0.2) is 23.6 Å². The predicted molar refractivity (Wildman–Crippen MR) is 208 cm³/mol. The van der Waals surface area contributed by atoms with E-state index >= 15 is 0 Å². The maximum Gasteiger partial charge on any atom is 0.306 e. The highest BCUT2D eigenvalue weighted by atomic mass is 16.5. The van der Waals surface area contributed by atoms with Crippen molar-refractivity contribution in [2.75, 3.05) is 0 Å². The number of hydrogen-bond acceptors (Lipinski definition) is 4. The molecule has 2 saturated carbocycles. The molecule has 0 amide bonds. The van der Waals surface area contributed by atoms with Crippen LogP contribution >= 0.6 is 0 Å². The van der Waals surface area contributed by atoms with Crippen LogP contribution in [0.3, 0.4) is 0 Å². The summed E-state index contributed by atoms with van der Waals surface area (Å²) in [5.41, 5.74) is 1.44.